The summed E-state index contributed by atoms with van der Waals surface area (Å²) in [6, 6.07) is 8.44. The van der Waals surface area contributed by atoms with Gasteiger partial charge >= 0.3 is 12.0 Å². The van der Waals surface area contributed by atoms with Gasteiger partial charge in [-0.2, -0.15) is 0 Å². The van der Waals surface area contributed by atoms with Crippen LogP contribution in [0.2, 0.25) is 5.02 Å². The molecular weight excluding hydrogens is 466 g/mol. The number of halogens is 1. The summed E-state index contributed by atoms with van der Waals surface area (Å²) in [7, 11) is 1.52. The quantitative estimate of drug-likeness (QED) is 0.481. The van der Waals surface area contributed by atoms with E-state index in [1.807, 2.05) is 0 Å². The van der Waals surface area contributed by atoms with Crippen molar-refractivity contribution in [2.45, 2.75) is 18.6 Å². The molecule has 0 saturated carbocycles. The third kappa shape index (κ3) is 5.00. The molecule has 0 aliphatic carbocycles. The fraction of sp³-hybridized carbons (Fsp3) is 0.227. The van der Waals surface area contributed by atoms with Crippen LogP contribution in [-0.2, 0) is 9.53 Å². The lowest BCUT2D eigenvalue weighted by Gasteiger charge is -2.24. The SMILES string of the molecule is CO[C@@H]1C[C@H](C(=O)Nc2ccc(-c3ocnc3C(=O)O)cn2)N(C(=O)Nc2ccc(Cl)cc2)C1. The number of amides is 3. The lowest BCUT2D eigenvalue weighted by molar-refractivity contribution is -0.119. The molecule has 12 heteroatoms. The highest BCUT2D eigenvalue weighted by molar-refractivity contribution is 6.30. The minimum Gasteiger partial charge on any atom is -0.476 e. The molecule has 0 bridgehead atoms. The van der Waals surface area contributed by atoms with Crippen LogP contribution in [0.15, 0.2) is 53.4 Å². The van der Waals surface area contributed by atoms with Crippen molar-refractivity contribution in [1.29, 1.82) is 0 Å². The van der Waals surface area contributed by atoms with Crippen LogP contribution in [0.3, 0.4) is 0 Å². The summed E-state index contributed by atoms with van der Waals surface area (Å²) in [5.74, 6) is -1.38. The fourth-order valence-corrected chi connectivity index (χ4v) is 3.71. The summed E-state index contributed by atoms with van der Waals surface area (Å²) in [5.41, 5.74) is 0.689. The van der Waals surface area contributed by atoms with E-state index < -0.39 is 23.9 Å². The molecule has 1 fully saturated rings. The van der Waals surface area contributed by atoms with Crippen molar-refractivity contribution >= 4 is 41.0 Å². The molecule has 0 unspecified atom stereocenters. The van der Waals surface area contributed by atoms with E-state index >= 15 is 0 Å². The Kier molecular flexibility index (Phi) is 6.75. The number of nitrogens with zero attached hydrogens (tertiary/aromatic N) is 3. The lowest BCUT2D eigenvalue weighted by Crippen LogP contribution is -2.45. The molecular formula is C22H20ClN5O6. The second-order valence-electron chi connectivity index (χ2n) is 7.46. The summed E-state index contributed by atoms with van der Waals surface area (Å²) in [6.07, 6.45) is 2.40. The predicted octanol–water partition coefficient (Wildman–Crippen LogP) is 3.35. The van der Waals surface area contributed by atoms with Crippen molar-refractivity contribution in [2.24, 2.45) is 0 Å². The molecule has 1 aliphatic heterocycles. The van der Waals surface area contributed by atoms with Crippen LogP contribution < -0.4 is 10.6 Å². The highest BCUT2D eigenvalue weighted by Gasteiger charge is 2.40. The lowest BCUT2D eigenvalue weighted by atomic mass is 10.1. The normalized spacial score (nSPS) is 17.4. The number of carbonyl (C=O) groups is 3. The van der Waals surface area contributed by atoms with Gasteiger partial charge in [-0.1, -0.05) is 11.6 Å². The first kappa shape index (κ1) is 23.2. The average Bonchev–Trinajstić information content (AvgIpc) is 3.49. The van der Waals surface area contributed by atoms with Crippen molar-refractivity contribution < 1.29 is 28.6 Å². The zero-order chi connectivity index (χ0) is 24.2. The number of urea groups is 1. The van der Waals surface area contributed by atoms with Gasteiger partial charge in [0.15, 0.2) is 17.8 Å². The molecule has 34 heavy (non-hydrogen) atoms. The number of hydrogen-bond acceptors (Lipinski definition) is 7. The van der Waals surface area contributed by atoms with Gasteiger partial charge in [-0.05, 0) is 36.4 Å². The van der Waals surface area contributed by atoms with Gasteiger partial charge in [-0.25, -0.2) is 19.6 Å². The molecule has 2 atom stereocenters. The van der Waals surface area contributed by atoms with E-state index in [2.05, 4.69) is 20.6 Å². The van der Waals surface area contributed by atoms with Crippen molar-refractivity contribution in [2.75, 3.05) is 24.3 Å². The zero-order valence-corrected chi connectivity index (χ0v) is 18.7. The summed E-state index contributed by atoms with van der Waals surface area (Å²) in [6.45, 7) is 0.240. The number of carbonyl (C=O) groups excluding carboxylic acids is 2. The van der Waals surface area contributed by atoms with Crippen LogP contribution in [0.25, 0.3) is 11.3 Å². The van der Waals surface area contributed by atoms with Crippen LogP contribution in [0.1, 0.15) is 16.9 Å². The van der Waals surface area contributed by atoms with Crippen molar-refractivity contribution in [3.63, 3.8) is 0 Å². The van der Waals surface area contributed by atoms with Gasteiger partial charge in [0.2, 0.25) is 5.91 Å². The average molecular weight is 486 g/mol. The summed E-state index contributed by atoms with van der Waals surface area (Å²) in [5, 5.41) is 15.2. The minimum absolute atomic E-state index is 0.0571. The van der Waals surface area contributed by atoms with Crippen LogP contribution >= 0.6 is 11.6 Å². The van der Waals surface area contributed by atoms with E-state index in [4.69, 9.17) is 20.8 Å². The molecule has 2 aromatic heterocycles. The second-order valence-corrected chi connectivity index (χ2v) is 7.89. The fourth-order valence-electron chi connectivity index (χ4n) is 3.58. The van der Waals surface area contributed by atoms with Crippen molar-refractivity contribution in [1.82, 2.24) is 14.9 Å². The van der Waals surface area contributed by atoms with Crippen LogP contribution in [-0.4, -0.2) is 63.7 Å². The van der Waals surface area contributed by atoms with E-state index in [1.165, 1.54) is 24.3 Å². The third-order valence-electron chi connectivity index (χ3n) is 5.30. The molecule has 3 N–H and O–H groups in total. The Hall–Kier alpha value is -3.96. The summed E-state index contributed by atoms with van der Waals surface area (Å²) in [4.78, 5) is 46.3. The number of ether oxygens (including phenoxy) is 1. The number of carboxylic acid groups (broad SMARTS) is 1. The number of rotatable bonds is 6. The standard InChI is InChI=1S/C22H20ClN5O6/c1-33-15-8-16(28(10-15)22(32)26-14-5-3-13(23)4-6-14)20(29)27-17-7-2-12(9-24-17)19-18(21(30)31)25-11-34-19/h2-7,9,11,15-16H,8,10H2,1H3,(H,26,32)(H,30,31)(H,24,27,29)/t15-,16-/m1/s1. The van der Waals surface area contributed by atoms with Gasteiger partial charge in [0.25, 0.3) is 0 Å². The Labute approximate surface area is 198 Å². The topological polar surface area (TPSA) is 147 Å². The number of benzene rings is 1. The number of likely N-dealkylation sites (tertiary alicyclic amines) is 1. The maximum atomic E-state index is 13.0. The number of pyridine rings is 1. The first-order valence-electron chi connectivity index (χ1n) is 10.2. The van der Waals surface area contributed by atoms with Gasteiger partial charge in [0, 0.05) is 42.5 Å². The Bertz CT molecular complexity index is 1200. The molecule has 3 amide bonds. The first-order chi connectivity index (χ1) is 16.4. The van der Waals surface area contributed by atoms with Crippen molar-refractivity contribution in [3.05, 3.63) is 59.7 Å². The van der Waals surface area contributed by atoms with Crippen LogP contribution in [0, 0.1) is 0 Å². The van der Waals surface area contributed by atoms with Gasteiger partial charge < -0.3 is 29.8 Å². The summed E-state index contributed by atoms with van der Waals surface area (Å²) >= 11 is 5.88. The van der Waals surface area contributed by atoms with E-state index in [0.717, 1.165) is 6.39 Å². The Morgan fingerprint density at radius 2 is 1.91 bits per heavy atom. The number of oxazole rings is 1. The number of methoxy groups -OCH3 is 1. The van der Waals surface area contributed by atoms with E-state index in [1.54, 1.807) is 30.3 Å². The number of hydrogen-bond donors (Lipinski definition) is 3. The molecule has 1 aliphatic rings. The highest BCUT2D eigenvalue weighted by Crippen LogP contribution is 2.25. The van der Waals surface area contributed by atoms with Gasteiger partial charge in [0.05, 0.1) is 6.10 Å². The monoisotopic (exact) mass is 485 g/mol. The Balaban J connectivity index is 1.45. The molecule has 3 aromatic rings. The number of nitrogens with one attached hydrogen (secondary N) is 2. The Morgan fingerprint density at radius 3 is 2.56 bits per heavy atom. The second kappa shape index (κ2) is 9.89. The molecule has 1 aromatic carbocycles. The van der Waals surface area contributed by atoms with Gasteiger partial charge in [-0.3, -0.25) is 4.79 Å². The zero-order valence-electron chi connectivity index (χ0n) is 17.9. The molecule has 4 rings (SSSR count). The number of carboxylic acids is 1. The maximum absolute atomic E-state index is 13.0. The smallest absolute Gasteiger partial charge is 0.358 e. The molecule has 0 spiro atoms. The van der Waals surface area contributed by atoms with E-state index in [0.29, 0.717) is 22.7 Å². The number of aromatic nitrogens is 2. The number of aromatic carboxylic acids is 1. The molecule has 176 valence electrons. The molecule has 11 nitrogen and oxygen atoms in total. The minimum atomic E-state index is -1.23. The van der Waals surface area contributed by atoms with Gasteiger partial charge in [0.1, 0.15) is 11.9 Å². The summed E-state index contributed by atoms with van der Waals surface area (Å²) < 4.78 is 10.5. The predicted molar refractivity (Wildman–Crippen MR) is 122 cm³/mol. The highest BCUT2D eigenvalue weighted by atomic mass is 35.5. The van der Waals surface area contributed by atoms with Crippen molar-refractivity contribution in [3.8, 4) is 11.3 Å². The third-order valence-corrected chi connectivity index (χ3v) is 5.55. The molecule has 3 heterocycles. The Morgan fingerprint density at radius 1 is 1.15 bits per heavy atom. The number of anilines is 2. The van der Waals surface area contributed by atoms with Gasteiger partial charge in [-0.15, -0.1) is 0 Å². The van der Waals surface area contributed by atoms with E-state index in [-0.39, 0.29) is 29.9 Å². The first-order valence-corrected chi connectivity index (χ1v) is 10.5. The molecule has 0 radical (unpaired) electrons. The van der Waals surface area contributed by atoms with Crippen LogP contribution in [0.4, 0.5) is 16.3 Å². The maximum Gasteiger partial charge on any atom is 0.358 e. The molecule has 1 saturated heterocycles. The largest absolute Gasteiger partial charge is 0.476 e. The van der Waals surface area contributed by atoms with E-state index in [9.17, 15) is 19.5 Å². The van der Waals surface area contributed by atoms with Crippen LogP contribution in [0.5, 0.6) is 0 Å².